The van der Waals surface area contributed by atoms with Crippen molar-refractivity contribution in [1.29, 1.82) is 0 Å². The normalized spacial score (nSPS) is 18.7. The van der Waals surface area contributed by atoms with Crippen LogP contribution >= 0.6 is 0 Å². The molecule has 2 amide bonds. The molecule has 0 bridgehead atoms. The molecule has 1 unspecified atom stereocenters. The van der Waals surface area contributed by atoms with Gasteiger partial charge < -0.3 is 19.0 Å². The second-order valence-corrected chi connectivity index (χ2v) is 8.97. The van der Waals surface area contributed by atoms with Crippen molar-refractivity contribution in [2.75, 3.05) is 39.4 Å². The summed E-state index contributed by atoms with van der Waals surface area (Å²) in [6.07, 6.45) is 3.31. The molecule has 1 atom stereocenters. The molecule has 0 N–H and O–H groups in total. The van der Waals surface area contributed by atoms with Gasteiger partial charge in [-0.3, -0.25) is 9.59 Å². The van der Waals surface area contributed by atoms with Crippen LogP contribution in [0.2, 0.25) is 0 Å². The Hall–Kier alpha value is -3.45. The number of oxazole rings is 1. The molecule has 2 aliphatic heterocycles. The molecular weight excluding hydrogens is 430 g/mol. The third-order valence-electron chi connectivity index (χ3n) is 6.61. The summed E-state index contributed by atoms with van der Waals surface area (Å²) in [5.74, 6) is 0.941. The molecule has 2 aromatic carbocycles. The molecular formula is C27H29N3O4. The van der Waals surface area contributed by atoms with E-state index in [2.05, 4.69) is 4.98 Å². The van der Waals surface area contributed by atoms with Crippen molar-refractivity contribution in [1.82, 2.24) is 14.8 Å². The maximum Gasteiger partial charge on any atom is 0.254 e. The second kappa shape index (κ2) is 9.81. The second-order valence-electron chi connectivity index (χ2n) is 8.97. The van der Waals surface area contributed by atoms with E-state index in [1.165, 1.54) is 5.56 Å². The summed E-state index contributed by atoms with van der Waals surface area (Å²) in [4.78, 5) is 34.7. The van der Waals surface area contributed by atoms with Gasteiger partial charge in [-0.1, -0.05) is 42.0 Å². The van der Waals surface area contributed by atoms with Crippen LogP contribution in [0.15, 0.2) is 59.1 Å². The van der Waals surface area contributed by atoms with Gasteiger partial charge in [-0.25, -0.2) is 4.98 Å². The first-order valence-corrected chi connectivity index (χ1v) is 11.9. The van der Waals surface area contributed by atoms with E-state index in [4.69, 9.17) is 9.15 Å². The van der Waals surface area contributed by atoms with Crippen molar-refractivity contribution in [2.24, 2.45) is 5.92 Å². The lowest BCUT2D eigenvalue weighted by Gasteiger charge is -2.36. The highest BCUT2D eigenvalue weighted by Gasteiger charge is 2.33. The molecule has 34 heavy (non-hydrogen) atoms. The molecule has 0 aliphatic carbocycles. The Morgan fingerprint density at radius 1 is 0.971 bits per heavy atom. The topological polar surface area (TPSA) is 75.9 Å². The average Bonchev–Trinajstić information content (AvgIpc) is 3.39. The molecule has 1 aromatic heterocycles. The molecule has 2 saturated heterocycles. The highest BCUT2D eigenvalue weighted by atomic mass is 16.5. The summed E-state index contributed by atoms with van der Waals surface area (Å²) in [6, 6.07) is 15.4. The van der Waals surface area contributed by atoms with Crippen LogP contribution in [-0.4, -0.2) is 66.0 Å². The lowest BCUT2D eigenvalue weighted by molar-refractivity contribution is -0.141. The third kappa shape index (κ3) is 4.61. The van der Waals surface area contributed by atoms with E-state index in [1.54, 1.807) is 17.2 Å². The van der Waals surface area contributed by atoms with Crippen molar-refractivity contribution in [3.05, 3.63) is 65.9 Å². The summed E-state index contributed by atoms with van der Waals surface area (Å²) < 4.78 is 11.4. The minimum Gasteiger partial charge on any atom is -0.436 e. The van der Waals surface area contributed by atoms with Gasteiger partial charge in [0.1, 0.15) is 0 Å². The van der Waals surface area contributed by atoms with Gasteiger partial charge in [0.25, 0.3) is 5.91 Å². The Bertz CT molecular complexity index is 1160. The first-order chi connectivity index (χ1) is 16.6. The first kappa shape index (κ1) is 22.3. The van der Waals surface area contributed by atoms with Crippen molar-refractivity contribution in [3.8, 4) is 22.8 Å². The SMILES string of the molecule is Cc1ccc(-c2cnc(-c3ccccc3C(=O)N3CCCC(C(=O)N4CCOCC4)C3)o2)cc1. The standard InChI is InChI=1S/C27H29N3O4/c1-19-8-10-20(11-9-19)24-17-28-25(34-24)22-6-2-3-7-23(22)27(32)30-12-4-5-21(18-30)26(31)29-13-15-33-16-14-29/h2-3,6-11,17,21H,4-5,12-16,18H2,1H3. The van der Waals surface area contributed by atoms with Crippen LogP contribution in [0.25, 0.3) is 22.8 Å². The van der Waals surface area contributed by atoms with Gasteiger partial charge in [0, 0.05) is 37.3 Å². The lowest BCUT2D eigenvalue weighted by atomic mass is 9.95. The minimum atomic E-state index is -0.169. The number of carbonyl (C=O) groups is 2. The summed E-state index contributed by atoms with van der Waals surface area (Å²) in [5.41, 5.74) is 3.31. The summed E-state index contributed by atoms with van der Waals surface area (Å²) in [7, 11) is 0. The molecule has 176 valence electrons. The van der Waals surface area contributed by atoms with E-state index in [0.717, 1.165) is 18.4 Å². The van der Waals surface area contributed by atoms with Gasteiger partial charge in [-0.2, -0.15) is 0 Å². The third-order valence-corrected chi connectivity index (χ3v) is 6.61. The van der Waals surface area contributed by atoms with Crippen LogP contribution in [0.3, 0.4) is 0 Å². The van der Waals surface area contributed by atoms with Crippen molar-refractivity contribution < 1.29 is 18.7 Å². The lowest BCUT2D eigenvalue weighted by Crippen LogP contribution is -2.49. The number of likely N-dealkylation sites (tertiary alicyclic amines) is 1. The van der Waals surface area contributed by atoms with Crippen LogP contribution in [0.1, 0.15) is 28.8 Å². The number of hydrogen-bond donors (Lipinski definition) is 0. The molecule has 3 heterocycles. The quantitative estimate of drug-likeness (QED) is 0.589. The van der Waals surface area contributed by atoms with Crippen LogP contribution in [0.5, 0.6) is 0 Å². The number of ether oxygens (including phenoxy) is 1. The van der Waals surface area contributed by atoms with Gasteiger partial charge in [0.05, 0.1) is 30.9 Å². The number of amides is 2. The molecule has 0 radical (unpaired) electrons. The van der Waals surface area contributed by atoms with Gasteiger partial charge in [0.2, 0.25) is 11.8 Å². The fourth-order valence-corrected chi connectivity index (χ4v) is 4.68. The maximum absolute atomic E-state index is 13.6. The zero-order chi connectivity index (χ0) is 23.5. The highest BCUT2D eigenvalue weighted by molar-refractivity contribution is 6.00. The number of carbonyl (C=O) groups excluding carboxylic acids is 2. The van der Waals surface area contributed by atoms with Crippen molar-refractivity contribution >= 4 is 11.8 Å². The number of morpholine rings is 1. The number of piperidine rings is 1. The fourth-order valence-electron chi connectivity index (χ4n) is 4.68. The number of aromatic nitrogens is 1. The molecule has 7 heteroatoms. The Balaban J connectivity index is 1.35. The predicted molar refractivity (Wildman–Crippen MR) is 128 cm³/mol. The molecule has 0 spiro atoms. The van der Waals surface area contributed by atoms with Crippen LogP contribution in [0, 0.1) is 12.8 Å². The van der Waals surface area contributed by atoms with Crippen molar-refractivity contribution in [2.45, 2.75) is 19.8 Å². The number of rotatable bonds is 4. The zero-order valence-corrected chi connectivity index (χ0v) is 19.4. The van der Waals surface area contributed by atoms with E-state index < -0.39 is 0 Å². The Morgan fingerprint density at radius 2 is 1.74 bits per heavy atom. The van der Waals surface area contributed by atoms with Gasteiger partial charge in [-0.05, 0) is 31.9 Å². The van der Waals surface area contributed by atoms with E-state index in [0.29, 0.717) is 62.2 Å². The number of benzene rings is 2. The monoisotopic (exact) mass is 459 g/mol. The Labute approximate surface area is 199 Å². The summed E-state index contributed by atoms with van der Waals surface area (Å²) in [5, 5.41) is 0. The molecule has 2 aliphatic rings. The fraction of sp³-hybridized carbons (Fsp3) is 0.370. The smallest absolute Gasteiger partial charge is 0.254 e. The molecule has 2 fully saturated rings. The maximum atomic E-state index is 13.6. The van der Waals surface area contributed by atoms with E-state index >= 15 is 0 Å². The first-order valence-electron chi connectivity index (χ1n) is 11.9. The number of hydrogen-bond acceptors (Lipinski definition) is 5. The van der Waals surface area contributed by atoms with Gasteiger partial charge >= 0.3 is 0 Å². The van der Waals surface area contributed by atoms with E-state index in [9.17, 15) is 9.59 Å². The zero-order valence-electron chi connectivity index (χ0n) is 19.4. The van der Waals surface area contributed by atoms with Crippen LogP contribution < -0.4 is 0 Å². The Morgan fingerprint density at radius 3 is 2.53 bits per heavy atom. The van der Waals surface area contributed by atoms with Gasteiger partial charge in [0.15, 0.2) is 5.76 Å². The number of nitrogens with zero attached hydrogens (tertiary/aromatic N) is 3. The predicted octanol–water partition coefficient (Wildman–Crippen LogP) is 4.03. The molecule has 0 saturated carbocycles. The van der Waals surface area contributed by atoms with E-state index in [1.807, 2.05) is 54.3 Å². The van der Waals surface area contributed by atoms with Crippen molar-refractivity contribution in [3.63, 3.8) is 0 Å². The highest BCUT2D eigenvalue weighted by Crippen LogP contribution is 2.30. The van der Waals surface area contributed by atoms with E-state index in [-0.39, 0.29) is 17.7 Å². The summed E-state index contributed by atoms with van der Waals surface area (Å²) >= 11 is 0. The van der Waals surface area contributed by atoms with Crippen LogP contribution in [-0.2, 0) is 9.53 Å². The minimum absolute atomic E-state index is 0.0924. The number of aryl methyl sites for hydroxylation is 1. The average molecular weight is 460 g/mol. The molecule has 7 nitrogen and oxygen atoms in total. The molecule has 5 rings (SSSR count). The summed E-state index contributed by atoms with van der Waals surface area (Å²) in [6.45, 7) is 5.52. The van der Waals surface area contributed by atoms with Crippen LogP contribution in [0.4, 0.5) is 0 Å². The van der Waals surface area contributed by atoms with Gasteiger partial charge in [-0.15, -0.1) is 0 Å². The Kier molecular flexibility index (Phi) is 6.45. The molecule has 3 aromatic rings. The largest absolute Gasteiger partial charge is 0.436 e.